The summed E-state index contributed by atoms with van der Waals surface area (Å²) in [5.41, 5.74) is 2.57. The van der Waals surface area contributed by atoms with Gasteiger partial charge in [0.25, 0.3) is 0 Å². The molecule has 2 aliphatic rings. The van der Waals surface area contributed by atoms with Gasteiger partial charge < -0.3 is 15.4 Å². The second-order valence-electron chi connectivity index (χ2n) is 5.28. The summed E-state index contributed by atoms with van der Waals surface area (Å²) in [7, 11) is 0. The van der Waals surface area contributed by atoms with Crippen LogP contribution in [0.25, 0.3) is 0 Å². The maximum atomic E-state index is 5.52. The second-order valence-corrected chi connectivity index (χ2v) is 5.28. The number of rotatable bonds is 4. The molecule has 2 N–H and O–H groups in total. The first-order valence-electron chi connectivity index (χ1n) is 7.15. The number of piperidine rings is 1. The predicted molar refractivity (Wildman–Crippen MR) is 74.4 cm³/mol. The van der Waals surface area contributed by atoms with E-state index in [2.05, 4.69) is 28.8 Å². The Kier molecular flexibility index (Phi) is 3.69. The largest absolute Gasteiger partial charge is 0.493 e. The molecular formula is C15H22N2O. The van der Waals surface area contributed by atoms with Crippen LogP contribution in [-0.2, 0) is 6.42 Å². The van der Waals surface area contributed by atoms with E-state index < -0.39 is 0 Å². The lowest BCUT2D eigenvalue weighted by molar-refractivity contribution is 0.357. The smallest absolute Gasteiger partial charge is 0.122 e. The first-order valence-corrected chi connectivity index (χ1v) is 7.15. The molecule has 2 aliphatic heterocycles. The van der Waals surface area contributed by atoms with E-state index in [9.17, 15) is 0 Å². The highest BCUT2D eigenvalue weighted by atomic mass is 16.5. The SMILES string of the molecule is c1cc2c(cc1NCCC1CCCCN1)CCO2. The maximum absolute atomic E-state index is 5.52. The van der Waals surface area contributed by atoms with Crippen molar-refractivity contribution < 1.29 is 4.74 Å². The zero-order valence-corrected chi connectivity index (χ0v) is 10.9. The minimum absolute atomic E-state index is 0.712. The van der Waals surface area contributed by atoms with Crippen molar-refractivity contribution in [3.05, 3.63) is 23.8 Å². The van der Waals surface area contributed by atoms with Gasteiger partial charge >= 0.3 is 0 Å². The van der Waals surface area contributed by atoms with Crippen LogP contribution in [0.1, 0.15) is 31.2 Å². The molecule has 3 rings (SSSR count). The molecule has 0 saturated carbocycles. The molecular weight excluding hydrogens is 224 g/mol. The van der Waals surface area contributed by atoms with Gasteiger partial charge in [0.05, 0.1) is 6.61 Å². The summed E-state index contributed by atoms with van der Waals surface area (Å²) in [5.74, 6) is 1.06. The van der Waals surface area contributed by atoms with Gasteiger partial charge in [0, 0.05) is 24.7 Å². The third kappa shape index (κ3) is 2.78. The fourth-order valence-corrected chi connectivity index (χ4v) is 2.86. The summed E-state index contributed by atoms with van der Waals surface area (Å²) in [4.78, 5) is 0. The first kappa shape index (κ1) is 11.8. The molecule has 0 bridgehead atoms. The van der Waals surface area contributed by atoms with E-state index >= 15 is 0 Å². The number of nitrogens with one attached hydrogen (secondary N) is 2. The minimum Gasteiger partial charge on any atom is -0.493 e. The van der Waals surface area contributed by atoms with Gasteiger partial charge in [0.15, 0.2) is 0 Å². The maximum Gasteiger partial charge on any atom is 0.122 e. The molecule has 0 aromatic heterocycles. The Balaban J connectivity index is 1.48. The topological polar surface area (TPSA) is 33.3 Å². The van der Waals surface area contributed by atoms with E-state index in [-0.39, 0.29) is 0 Å². The van der Waals surface area contributed by atoms with Crippen LogP contribution in [-0.4, -0.2) is 25.7 Å². The van der Waals surface area contributed by atoms with Crippen LogP contribution in [0.15, 0.2) is 18.2 Å². The van der Waals surface area contributed by atoms with Crippen molar-refractivity contribution in [2.75, 3.05) is 25.0 Å². The van der Waals surface area contributed by atoms with E-state index in [1.54, 1.807) is 0 Å². The van der Waals surface area contributed by atoms with Crippen molar-refractivity contribution in [2.45, 2.75) is 38.1 Å². The van der Waals surface area contributed by atoms with Crippen molar-refractivity contribution in [3.63, 3.8) is 0 Å². The van der Waals surface area contributed by atoms with Crippen molar-refractivity contribution in [1.82, 2.24) is 5.32 Å². The fraction of sp³-hybridized carbons (Fsp3) is 0.600. The average molecular weight is 246 g/mol. The van der Waals surface area contributed by atoms with Gasteiger partial charge in [-0.3, -0.25) is 0 Å². The quantitative estimate of drug-likeness (QED) is 0.856. The predicted octanol–water partition coefficient (Wildman–Crippen LogP) is 2.57. The van der Waals surface area contributed by atoms with Crippen molar-refractivity contribution in [1.29, 1.82) is 0 Å². The summed E-state index contributed by atoms with van der Waals surface area (Å²) in [5, 5.41) is 7.11. The Morgan fingerprint density at radius 2 is 2.33 bits per heavy atom. The normalized spacial score (nSPS) is 22.3. The van der Waals surface area contributed by atoms with Gasteiger partial charge in [-0.05, 0) is 49.6 Å². The number of ether oxygens (including phenoxy) is 1. The molecule has 1 fully saturated rings. The Hall–Kier alpha value is -1.22. The van der Waals surface area contributed by atoms with Crippen LogP contribution in [0.3, 0.4) is 0 Å². The first-order chi connectivity index (χ1) is 8.92. The number of fused-ring (bicyclic) bond motifs is 1. The van der Waals surface area contributed by atoms with Crippen molar-refractivity contribution in [2.24, 2.45) is 0 Å². The monoisotopic (exact) mass is 246 g/mol. The van der Waals surface area contributed by atoms with Crippen LogP contribution in [0.4, 0.5) is 5.69 Å². The highest BCUT2D eigenvalue weighted by Crippen LogP contribution is 2.27. The number of benzene rings is 1. The molecule has 3 nitrogen and oxygen atoms in total. The molecule has 98 valence electrons. The molecule has 0 radical (unpaired) electrons. The summed E-state index contributed by atoms with van der Waals surface area (Å²) in [6.45, 7) is 3.09. The van der Waals surface area contributed by atoms with Gasteiger partial charge in [-0.25, -0.2) is 0 Å². The van der Waals surface area contributed by atoms with E-state index in [0.29, 0.717) is 6.04 Å². The van der Waals surface area contributed by atoms with Crippen LogP contribution in [0.2, 0.25) is 0 Å². The van der Waals surface area contributed by atoms with Crippen LogP contribution in [0.5, 0.6) is 5.75 Å². The Labute approximate surface area is 109 Å². The second kappa shape index (κ2) is 5.61. The third-order valence-corrected chi connectivity index (χ3v) is 3.92. The van der Waals surface area contributed by atoms with Gasteiger partial charge in [0.2, 0.25) is 0 Å². The van der Waals surface area contributed by atoms with Gasteiger partial charge in [-0.2, -0.15) is 0 Å². The zero-order valence-electron chi connectivity index (χ0n) is 10.9. The van der Waals surface area contributed by atoms with Crippen molar-refractivity contribution >= 4 is 5.69 Å². The van der Waals surface area contributed by atoms with Gasteiger partial charge in [-0.15, -0.1) is 0 Å². The lowest BCUT2D eigenvalue weighted by Gasteiger charge is -2.23. The zero-order chi connectivity index (χ0) is 12.2. The molecule has 1 aromatic carbocycles. The molecule has 1 saturated heterocycles. The molecule has 0 spiro atoms. The van der Waals surface area contributed by atoms with E-state index in [4.69, 9.17) is 4.74 Å². The summed E-state index contributed by atoms with van der Waals surface area (Å²) in [6, 6.07) is 7.16. The minimum atomic E-state index is 0.712. The van der Waals surface area contributed by atoms with Gasteiger partial charge in [-0.1, -0.05) is 6.42 Å². The number of hydrogen-bond donors (Lipinski definition) is 2. The standard InChI is InChI=1S/C15H22N2O/c1-2-8-16-13(3-1)6-9-17-14-4-5-15-12(11-14)7-10-18-15/h4-5,11,13,16-17H,1-3,6-10H2. The average Bonchev–Trinajstić information content (AvgIpc) is 2.87. The van der Waals surface area contributed by atoms with Crippen molar-refractivity contribution in [3.8, 4) is 5.75 Å². The van der Waals surface area contributed by atoms with Gasteiger partial charge in [0.1, 0.15) is 5.75 Å². The highest BCUT2D eigenvalue weighted by Gasteiger charge is 2.13. The molecule has 1 aromatic rings. The molecule has 1 unspecified atom stereocenters. The van der Waals surface area contributed by atoms with Crippen LogP contribution < -0.4 is 15.4 Å². The molecule has 3 heteroatoms. The summed E-state index contributed by atoms with van der Waals surface area (Å²) in [6.07, 6.45) is 6.32. The lowest BCUT2D eigenvalue weighted by atomic mass is 10.0. The van der Waals surface area contributed by atoms with Crippen LogP contribution >= 0.6 is 0 Å². The van der Waals surface area contributed by atoms with Crippen LogP contribution in [0, 0.1) is 0 Å². The van der Waals surface area contributed by atoms with E-state index in [0.717, 1.165) is 25.3 Å². The molecule has 0 amide bonds. The fourth-order valence-electron chi connectivity index (χ4n) is 2.86. The summed E-state index contributed by atoms with van der Waals surface area (Å²) < 4.78 is 5.52. The molecule has 2 heterocycles. The Morgan fingerprint density at radius 1 is 1.33 bits per heavy atom. The highest BCUT2D eigenvalue weighted by molar-refractivity contribution is 5.52. The van der Waals surface area contributed by atoms with E-state index in [1.807, 2.05) is 0 Å². The summed E-state index contributed by atoms with van der Waals surface area (Å²) >= 11 is 0. The Bertz CT molecular complexity index is 399. The van der Waals surface area contributed by atoms with E-state index in [1.165, 1.54) is 43.5 Å². The molecule has 0 aliphatic carbocycles. The number of anilines is 1. The third-order valence-electron chi connectivity index (χ3n) is 3.92. The number of hydrogen-bond acceptors (Lipinski definition) is 3. The Morgan fingerprint density at radius 3 is 3.22 bits per heavy atom. The molecule has 18 heavy (non-hydrogen) atoms. The molecule has 1 atom stereocenters. The lowest BCUT2D eigenvalue weighted by Crippen LogP contribution is -2.35.